The number of imidazole rings is 1. The molecule has 2 aromatic rings. The maximum Gasteiger partial charge on any atom is 0.410 e. The molecule has 0 aliphatic heterocycles. The number of carbonyl (C=O) groups excluding carboxylic acids is 1. The molecule has 1 spiro atoms. The maximum atomic E-state index is 13.0. The van der Waals surface area contributed by atoms with E-state index in [1.165, 1.54) is 25.7 Å². The highest BCUT2D eigenvalue weighted by Crippen LogP contribution is 2.55. The van der Waals surface area contributed by atoms with E-state index in [2.05, 4.69) is 31.0 Å². The van der Waals surface area contributed by atoms with Gasteiger partial charge in [-0.05, 0) is 88.8 Å². The number of hydrogen-bond acceptors (Lipinski definition) is 5. The van der Waals surface area contributed by atoms with Gasteiger partial charge in [0.2, 0.25) is 0 Å². The number of para-hydroxylation sites is 1. The summed E-state index contributed by atoms with van der Waals surface area (Å²) in [5, 5.41) is 3.67. The number of nitrogens with one attached hydrogen (secondary N) is 1. The Kier molecular flexibility index (Phi) is 8.62. The van der Waals surface area contributed by atoms with Crippen molar-refractivity contribution in [2.75, 3.05) is 25.5 Å². The molecule has 2 aliphatic rings. The van der Waals surface area contributed by atoms with Crippen LogP contribution in [-0.4, -0.2) is 60.0 Å². The zero-order valence-corrected chi connectivity index (χ0v) is 26.4. The minimum absolute atomic E-state index is 0.0389. The van der Waals surface area contributed by atoms with Crippen molar-refractivity contribution in [2.24, 2.45) is 18.4 Å². The molecular weight excluding hydrogens is 508 g/mol. The van der Waals surface area contributed by atoms with Gasteiger partial charge in [0.25, 0.3) is 0 Å². The Morgan fingerprint density at radius 1 is 1.18 bits per heavy atom. The van der Waals surface area contributed by atoms with E-state index in [1.54, 1.807) is 9.13 Å². The first-order valence-electron chi connectivity index (χ1n) is 14.6. The van der Waals surface area contributed by atoms with Crippen LogP contribution in [0, 0.1) is 11.3 Å². The fraction of sp³-hybridized carbons (Fsp3) is 0.733. The van der Waals surface area contributed by atoms with E-state index in [1.807, 2.05) is 51.9 Å². The zero-order chi connectivity index (χ0) is 28.6. The van der Waals surface area contributed by atoms with Crippen LogP contribution in [0.15, 0.2) is 23.0 Å². The average molecular weight is 559 g/mol. The van der Waals surface area contributed by atoms with Crippen LogP contribution in [0.1, 0.15) is 59.3 Å². The van der Waals surface area contributed by atoms with Gasteiger partial charge in [0.15, 0.2) is 0 Å². The van der Waals surface area contributed by atoms with Crippen molar-refractivity contribution in [1.82, 2.24) is 14.0 Å². The van der Waals surface area contributed by atoms with Crippen molar-refractivity contribution >= 4 is 30.9 Å². The Bertz CT molecular complexity index is 1210. The second-order valence-electron chi connectivity index (χ2n) is 14.3. The van der Waals surface area contributed by atoms with Crippen molar-refractivity contribution in [3.63, 3.8) is 0 Å². The van der Waals surface area contributed by atoms with Crippen molar-refractivity contribution in [3.8, 4) is 0 Å². The average Bonchev–Trinajstić information content (AvgIpc) is 3.07. The number of hydrogen-bond donors (Lipinski definition) is 1. The Balaban J connectivity index is 1.29. The van der Waals surface area contributed by atoms with E-state index in [0.717, 1.165) is 42.2 Å². The summed E-state index contributed by atoms with van der Waals surface area (Å²) in [5.74, 6) is 0.629. The predicted octanol–water partition coefficient (Wildman–Crippen LogP) is 6.27. The number of aryl methyl sites for hydroxylation is 1. The highest BCUT2D eigenvalue weighted by molar-refractivity contribution is 6.76. The number of rotatable bonds is 9. The van der Waals surface area contributed by atoms with Gasteiger partial charge in [-0.25, -0.2) is 9.59 Å². The molecule has 8 nitrogen and oxygen atoms in total. The second-order valence-corrected chi connectivity index (χ2v) is 19.9. The number of fused-ring (bicyclic) bond motifs is 1. The van der Waals surface area contributed by atoms with Gasteiger partial charge >= 0.3 is 11.8 Å². The van der Waals surface area contributed by atoms with Crippen LogP contribution in [-0.2, 0) is 23.3 Å². The number of benzene rings is 1. The summed E-state index contributed by atoms with van der Waals surface area (Å²) in [4.78, 5) is 27.3. The minimum Gasteiger partial charge on any atom is -0.444 e. The molecule has 0 atom stereocenters. The fourth-order valence-corrected chi connectivity index (χ4v) is 7.10. The molecule has 0 radical (unpaired) electrons. The minimum atomic E-state index is -1.17. The number of aromatic nitrogens is 2. The predicted molar refractivity (Wildman–Crippen MR) is 161 cm³/mol. The van der Waals surface area contributed by atoms with Gasteiger partial charge in [0.05, 0.1) is 16.7 Å². The van der Waals surface area contributed by atoms with Crippen molar-refractivity contribution in [1.29, 1.82) is 0 Å². The van der Waals surface area contributed by atoms with Gasteiger partial charge in [-0.2, -0.15) is 0 Å². The molecule has 2 aliphatic carbocycles. The van der Waals surface area contributed by atoms with E-state index in [9.17, 15) is 9.59 Å². The lowest BCUT2D eigenvalue weighted by Crippen LogP contribution is -2.48. The largest absolute Gasteiger partial charge is 0.444 e. The third kappa shape index (κ3) is 7.09. The molecule has 1 aromatic carbocycles. The van der Waals surface area contributed by atoms with Gasteiger partial charge < -0.3 is 19.7 Å². The lowest BCUT2D eigenvalue weighted by molar-refractivity contribution is -0.0161. The first-order valence-corrected chi connectivity index (χ1v) is 18.3. The molecule has 0 bridgehead atoms. The quantitative estimate of drug-likeness (QED) is 0.290. The number of anilines is 1. The second kappa shape index (κ2) is 11.3. The van der Waals surface area contributed by atoms with Crippen molar-refractivity contribution in [3.05, 3.63) is 28.7 Å². The van der Waals surface area contributed by atoms with E-state index in [0.29, 0.717) is 24.7 Å². The number of amides is 1. The zero-order valence-electron chi connectivity index (χ0n) is 25.4. The standard InChI is InChI=1S/C30H50N4O4Si/c1-29(2,3)38-28(36)32(4)23-12-14-30(15-13-23)18-22(19-30)20-31-24-10-9-11-25-26(24)33(5)27(35)34(25)21-37-16-17-39(6,7)8/h9-11,22-23,31H,12-21H2,1-8H3. The van der Waals surface area contributed by atoms with Crippen LogP contribution in [0.25, 0.3) is 11.0 Å². The van der Waals surface area contributed by atoms with Crippen LogP contribution < -0.4 is 11.0 Å². The first-order chi connectivity index (χ1) is 18.2. The Hall–Kier alpha value is -2.26. The summed E-state index contributed by atoms with van der Waals surface area (Å²) in [6, 6.07) is 7.46. The molecule has 1 heterocycles. The number of ether oxygens (including phenoxy) is 2. The van der Waals surface area contributed by atoms with E-state index >= 15 is 0 Å². The number of carbonyl (C=O) groups is 1. The summed E-state index contributed by atoms with van der Waals surface area (Å²) in [6.07, 6.45) is 6.68. The smallest absolute Gasteiger partial charge is 0.410 e. The van der Waals surface area contributed by atoms with Gasteiger partial charge in [-0.1, -0.05) is 25.7 Å². The molecule has 1 amide bonds. The fourth-order valence-electron chi connectivity index (χ4n) is 6.34. The summed E-state index contributed by atoms with van der Waals surface area (Å²) < 4.78 is 15.0. The van der Waals surface area contributed by atoms with Crippen LogP contribution in [0.5, 0.6) is 0 Å². The van der Waals surface area contributed by atoms with Gasteiger partial charge in [0.1, 0.15) is 12.3 Å². The monoisotopic (exact) mass is 558 g/mol. The van der Waals surface area contributed by atoms with Gasteiger partial charge in [-0.3, -0.25) is 9.13 Å². The van der Waals surface area contributed by atoms with Crippen LogP contribution in [0.2, 0.25) is 25.7 Å². The first kappa shape index (κ1) is 29.7. The van der Waals surface area contributed by atoms with E-state index < -0.39 is 13.7 Å². The maximum absolute atomic E-state index is 13.0. The van der Waals surface area contributed by atoms with E-state index in [4.69, 9.17) is 9.47 Å². The molecule has 1 N–H and O–H groups in total. The highest BCUT2D eigenvalue weighted by Gasteiger charge is 2.46. The molecular formula is C30H50N4O4Si. The van der Waals surface area contributed by atoms with Gasteiger partial charge in [0, 0.05) is 41.4 Å². The molecule has 9 heteroatoms. The normalized spacial score (nSPS) is 23.6. The third-order valence-corrected chi connectivity index (χ3v) is 10.3. The topological polar surface area (TPSA) is 77.7 Å². The van der Waals surface area contributed by atoms with Gasteiger partial charge in [-0.15, -0.1) is 0 Å². The SMILES string of the molecule is CN(C(=O)OC(C)(C)C)C1CCC2(CC1)CC(CNc1cccc3c1n(C)c(=O)n3COCC[Si](C)(C)C)C2. The molecule has 4 rings (SSSR count). The molecule has 1 aromatic heterocycles. The summed E-state index contributed by atoms with van der Waals surface area (Å²) >= 11 is 0. The summed E-state index contributed by atoms with van der Waals surface area (Å²) in [6.45, 7) is 14.6. The van der Waals surface area contributed by atoms with Crippen LogP contribution >= 0.6 is 0 Å². The molecule has 2 fully saturated rings. The Morgan fingerprint density at radius 2 is 1.85 bits per heavy atom. The molecule has 2 saturated carbocycles. The Morgan fingerprint density at radius 3 is 2.46 bits per heavy atom. The lowest BCUT2D eigenvalue weighted by Gasteiger charge is -2.52. The van der Waals surface area contributed by atoms with Crippen LogP contribution in [0.3, 0.4) is 0 Å². The molecule has 39 heavy (non-hydrogen) atoms. The molecule has 0 unspecified atom stereocenters. The van der Waals surface area contributed by atoms with Crippen molar-refractivity contribution < 1.29 is 14.3 Å². The summed E-state index contributed by atoms with van der Waals surface area (Å²) in [7, 11) is 2.56. The molecule has 218 valence electrons. The van der Waals surface area contributed by atoms with Crippen LogP contribution in [0.4, 0.5) is 10.5 Å². The number of nitrogens with zero attached hydrogens (tertiary/aromatic N) is 3. The van der Waals surface area contributed by atoms with Crippen molar-refractivity contribution in [2.45, 2.75) is 103 Å². The molecule has 0 saturated heterocycles. The third-order valence-electron chi connectivity index (χ3n) is 8.65. The lowest BCUT2D eigenvalue weighted by atomic mass is 9.55. The highest BCUT2D eigenvalue weighted by atomic mass is 28.3. The van der Waals surface area contributed by atoms with E-state index in [-0.39, 0.29) is 17.8 Å². The summed E-state index contributed by atoms with van der Waals surface area (Å²) in [5.41, 5.74) is 2.79. The Labute approximate surface area is 235 Å².